The van der Waals surface area contributed by atoms with Crippen LogP contribution in [0.15, 0.2) is 79.0 Å². The molecule has 1 heteroatoms. The smallest absolute Gasteiger partial charge is 0.0702 e. The number of rotatable bonds is 1. The molecule has 138 valence electrons. The summed E-state index contributed by atoms with van der Waals surface area (Å²) in [6.07, 6.45) is 1.87. The molecule has 0 N–H and O–H groups in total. The van der Waals surface area contributed by atoms with Gasteiger partial charge in [0, 0.05) is 17.2 Å². The van der Waals surface area contributed by atoms with Crippen LogP contribution in [0.2, 0.25) is 0 Å². The molecule has 1 aliphatic rings. The van der Waals surface area contributed by atoms with Crippen LogP contribution in [-0.2, 0) is 10.8 Å². The van der Waals surface area contributed by atoms with Gasteiger partial charge in [-0.25, -0.2) is 0 Å². The molecule has 1 aliphatic carbocycles. The van der Waals surface area contributed by atoms with E-state index >= 15 is 0 Å². The highest BCUT2D eigenvalue weighted by atomic mass is 14.7. The first-order valence-corrected chi connectivity index (χ1v) is 10.00. The van der Waals surface area contributed by atoms with Crippen molar-refractivity contribution in [2.75, 3.05) is 0 Å². The second-order valence-corrected chi connectivity index (χ2v) is 8.93. The first kappa shape index (κ1) is 17.2. The molecular weight excluding hydrogens is 338 g/mol. The van der Waals surface area contributed by atoms with Crippen molar-refractivity contribution in [3.05, 3.63) is 90.1 Å². The van der Waals surface area contributed by atoms with E-state index in [1.807, 2.05) is 12.3 Å². The van der Waals surface area contributed by atoms with Crippen LogP contribution in [0, 0.1) is 0 Å². The molecule has 0 fully saturated rings. The number of hydrogen-bond donors (Lipinski definition) is 0. The molecular formula is C27H25N. The van der Waals surface area contributed by atoms with Crippen molar-refractivity contribution in [1.29, 1.82) is 0 Å². The minimum Gasteiger partial charge on any atom is -0.256 e. The summed E-state index contributed by atoms with van der Waals surface area (Å²) in [5, 5.41) is 2.69. The number of hydrogen-bond acceptors (Lipinski definition) is 1. The Kier molecular flexibility index (Phi) is 3.55. The molecule has 0 amide bonds. The molecule has 0 aliphatic heterocycles. The van der Waals surface area contributed by atoms with Gasteiger partial charge in [-0.05, 0) is 56.6 Å². The zero-order valence-electron chi connectivity index (χ0n) is 17.0. The summed E-state index contributed by atoms with van der Waals surface area (Å²) in [6.45, 7) is 9.57. The fraction of sp³-hybridized carbons (Fsp3) is 0.222. The second-order valence-electron chi connectivity index (χ2n) is 8.93. The molecule has 5 rings (SSSR count). The van der Waals surface area contributed by atoms with Gasteiger partial charge in [-0.3, -0.25) is 4.98 Å². The Morgan fingerprint density at radius 2 is 1.43 bits per heavy atom. The van der Waals surface area contributed by atoms with Crippen LogP contribution in [0.25, 0.3) is 33.2 Å². The summed E-state index contributed by atoms with van der Waals surface area (Å²) in [6, 6.07) is 26.3. The summed E-state index contributed by atoms with van der Waals surface area (Å²) in [5.74, 6) is 0. The predicted molar refractivity (Wildman–Crippen MR) is 119 cm³/mol. The zero-order chi connectivity index (χ0) is 19.5. The van der Waals surface area contributed by atoms with Gasteiger partial charge in [0.1, 0.15) is 0 Å². The fourth-order valence-corrected chi connectivity index (χ4v) is 4.81. The van der Waals surface area contributed by atoms with Crippen molar-refractivity contribution < 1.29 is 0 Å². The van der Waals surface area contributed by atoms with Crippen molar-refractivity contribution in [3.8, 4) is 22.4 Å². The molecule has 0 atom stereocenters. The highest BCUT2D eigenvalue weighted by Crippen LogP contribution is 2.55. The quantitative estimate of drug-likeness (QED) is 0.350. The molecule has 0 radical (unpaired) electrons. The molecule has 0 bridgehead atoms. The van der Waals surface area contributed by atoms with Crippen molar-refractivity contribution in [2.45, 2.75) is 38.5 Å². The third-order valence-electron chi connectivity index (χ3n) is 7.06. The lowest BCUT2D eigenvalue weighted by molar-refractivity contribution is 0.301. The second kappa shape index (κ2) is 5.78. The normalized spacial score (nSPS) is 16.4. The molecule has 0 saturated carbocycles. The van der Waals surface area contributed by atoms with Crippen molar-refractivity contribution in [2.24, 2.45) is 0 Å². The molecule has 1 heterocycles. The van der Waals surface area contributed by atoms with Crippen LogP contribution in [0.1, 0.15) is 38.8 Å². The van der Waals surface area contributed by atoms with Gasteiger partial charge in [-0.1, -0.05) is 82.3 Å². The first-order valence-electron chi connectivity index (χ1n) is 10.00. The highest BCUT2D eigenvalue weighted by molar-refractivity contribution is 5.95. The first-order chi connectivity index (χ1) is 13.4. The van der Waals surface area contributed by atoms with Gasteiger partial charge < -0.3 is 0 Å². The molecule has 1 nitrogen and oxygen atoms in total. The predicted octanol–water partition coefficient (Wildman–Crippen LogP) is 7.14. The highest BCUT2D eigenvalue weighted by Gasteiger charge is 2.46. The maximum atomic E-state index is 4.57. The van der Waals surface area contributed by atoms with Crippen molar-refractivity contribution in [1.82, 2.24) is 4.98 Å². The van der Waals surface area contributed by atoms with Gasteiger partial charge in [0.05, 0.1) is 5.69 Å². The SMILES string of the molecule is CC1(C)c2cc(-c3ccccn3)ccc2-c2ccc3ccccc3c2C1(C)C. The van der Waals surface area contributed by atoms with Crippen molar-refractivity contribution in [3.63, 3.8) is 0 Å². The van der Waals surface area contributed by atoms with Gasteiger partial charge in [0.15, 0.2) is 0 Å². The van der Waals surface area contributed by atoms with E-state index in [0.29, 0.717) is 0 Å². The van der Waals surface area contributed by atoms with E-state index in [2.05, 4.69) is 99.4 Å². The Balaban J connectivity index is 1.85. The van der Waals surface area contributed by atoms with E-state index in [-0.39, 0.29) is 10.8 Å². The molecule has 0 saturated heterocycles. The van der Waals surface area contributed by atoms with Gasteiger partial charge in [-0.2, -0.15) is 0 Å². The summed E-state index contributed by atoms with van der Waals surface area (Å²) < 4.78 is 0. The Morgan fingerprint density at radius 1 is 0.679 bits per heavy atom. The zero-order valence-corrected chi connectivity index (χ0v) is 17.0. The number of benzene rings is 3. The standard InChI is InChI=1S/C27H25N/c1-26(2)23-17-19(24-11-7-8-16-28-24)13-14-21(23)22-15-12-18-9-5-6-10-20(18)25(22)27(26,3)4/h5-17H,1-4H3. The number of aromatic nitrogens is 1. The average molecular weight is 364 g/mol. The lowest BCUT2D eigenvalue weighted by atomic mass is 9.54. The molecule has 0 spiro atoms. The summed E-state index contributed by atoms with van der Waals surface area (Å²) in [5.41, 5.74) is 7.80. The Hall–Kier alpha value is -2.93. The number of pyridine rings is 1. The minimum absolute atomic E-state index is 0.00106. The van der Waals surface area contributed by atoms with Gasteiger partial charge in [0.2, 0.25) is 0 Å². The topological polar surface area (TPSA) is 12.9 Å². The van der Waals surface area contributed by atoms with E-state index in [4.69, 9.17) is 0 Å². The van der Waals surface area contributed by atoms with Gasteiger partial charge >= 0.3 is 0 Å². The van der Waals surface area contributed by atoms with E-state index in [1.54, 1.807) is 0 Å². The largest absolute Gasteiger partial charge is 0.256 e. The third kappa shape index (κ3) is 2.22. The van der Waals surface area contributed by atoms with E-state index in [0.717, 1.165) is 5.69 Å². The summed E-state index contributed by atoms with van der Waals surface area (Å²) in [4.78, 5) is 4.57. The van der Waals surface area contributed by atoms with E-state index in [1.165, 1.54) is 38.6 Å². The number of nitrogens with zero attached hydrogens (tertiary/aromatic N) is 1. The number of fused-ring (bicyclic) bond motifs is 5. The van der Waals surface area contributed by atoms with E-state index in [9.17, 15) is 0 Å². The van der Waals surface area contributed by atoms with Crippen LogP contribution >= 0.6 is 0 Å². The monoisotopic (exact) mass is 363 g/mol. The van der Waals surface area contributed by atoms with Crippen LogP contribution in [0.4, 0.5) is 0 Å². The molecule has 0 unspecified atom stereocenters. The van der Waals surface area contributed by atoms with E-state index < -0.39 is 0 Å². The molecule has 28 heavy (non-hydrogen) atoms. The Bertz CT molecular complexity index is 1200. The fourth-order valence-electron chi connectivity index (χ4n) is 4.81. The maximum Gasteiger partial charge on any atom is 0.0702 e. The average Bonchev–Trinajstić information content (AvgIpc) is 2.72. The lowest BCUT2D eigenvalue weighted by Gasteiger charge is -2.49. The lowest BCUT2D eigenvalue weighted by Crippen LogP contribution is -2.43. The van der Waals surface area contributed by atoms with Gasteiger partial charge in [0.25, 0.3) is 0 Å². The molecule has 1 aromatic heterocycles. The summed E-state index contributed by atoms with van der Waals surface area (Å²) >= 11 is 0. The van der Waals surface area contributed by atoms with Crippen LogP contribution < -0.4 is 0 Å². The Morgan fingerprint density at radius 3 is 2.21 bits per heavy atom. The Labute approximate surface area is 167 Å². The van der Waals surface area contributed by atoms with Gasteiger partial charge in [-0.15, -0.1) is 0 Å². The van der Waals surface area contributed by atoms with Crippen molar-refractivity contribution >= 4 is 10.8 Å². The summed E-state index contributed by atoms with van der Waals surface area (Å²) in [7, 11) is 0. The third-order valence-corrected chi connectivity index (χ3v) is 7.06. The maximum absolute atomic E-state index is 4.57. The molecule has 3 aromatic carbocycles. The van der Waals surface area contributed by atoms with Crippen LogP contribution in [0.3, 0.4) is 0 Å². The van der Waals surface area contributed by atoms with Crippen LogP contribution in [-0.4, -0.2) is 4.98 Å². The van der Waals surface area contributed by atoms with Crippen LogP contribution in [0.5, 0.6) is 0 Å². The molecule has 4 aromatic rings. The minimum atomic E-state index is -0.00967.